The van der Waals surface area contributed by atoms with Crippen molar-refractivity contribution in [2.45, 2.75) is 25.8 Å². The Kier molecular flexibility index (Phi) is 14.9. The summed E-state index contributed by atoms with van der Waals surface area (Å²) < 4.78 is 16.9. The van der Waals surface area contributed by atoms with Crippen LogP contribution >= 0.6 is 24.0 Å². The van der Waals surface area contributed by atoms with Crippen LogP contribution in [0.5, 0.6) is 5.75 Å². The lowest BCUT2D eigenvalue weighted by Gasteiger charge is -2.13. The number of hydrogen-bond acceptors (Lipinski definition) is 5. The van der Waals surface area contributed by atoms with Crippen LogP contribution in [0.15, 0.2) is 29.3 Å². The van der Waals surface area contributed by atoms with Gasteiger partial charge < -0.3 is 29.7 Å². The molecular weight excluding hydrogens is 495 g/mol. The van der Waals surface area contributed by atoms with E-state index < -0.39 is 0 Å². The molecule has 0 aromatic heterocycles. The second-order valence-corrected chi connectivity index (χ2v) is 7.66. The van der Waals surface area contributed by atoms with Crippen LogP contribution < -0.4 is 15.4 Å². The molecule has 7 nitrogen and oxygen atoms in total. The minimum atomic E-state index is 0. The molecule has 1 aromatic carbocycles. The van der Waals surface area contributed by atoms with E-state index in [-0.39, 0.29) is 24.0 Å². The summed E-state index contributed by atoms with van der Waals surface area (Å²) in [7, 11) is 5.94. The number of nitrogens with one attached hydrogen (secondary N) is 2. The van der Waals surface area contributed by atoms with E-state index in [1.807, 2.05) is 12.1 Å². The number of halogens is 1. The number of rotatable bonds is 13. The van der Waals surface area contributed by atoms with Crippen molar-refractivity contribution in [3.63, 3.8) is 0 Å². The van der Waals surface area contributed by atoms with Gasteiger partial charge in [-0.25, -0.2) is 0 Å². The molecule has 1 saturated heterocycles. The molecule has 0 amide bonds. The molecule has 30 heavy (non-hydrogen) atoms. The standard InChI is InChI=1S/C22H38N4O3.HI/c1-23-22(24-11-4-13-27-17-20-10-15-28-18-20)25-16-19-6-8-21(9-7-19)29-14-5-12-26(2)3;/h6-9,20H,4-5,10-18H2,1-3H3,(H2,23,24,25);1H. The zero-order valence-electron chi connectivity index (χ0n) is 18.7. The summed E-state index contributed by atoms with van der Waals surface area (Å²) in [5.41, 5.74) is 1.19. The zero-order chi connectivity index (χ0) is 20.7. The van der Waals surface area contributed by atoms with Gasteiger partial charge in [0.05, 0.1) is 19.8 Å². The van der Waals surface area contributed by atoms with Gasteiger partial charge in [0.25, 0.3) is 0 Å². The van der Waals surface area contributed by atoms with Crippen LogP contribution in [-0.4, -0.2) is 78.1 Å². The first kappa shape index (κ1) is 26.9. The van der Waals surface area contributed by atoms with Crippen molar-refractivity contribution >= 4 is 29.9 Å². The largest absolute Gasteiger partial charge is 0.494 e. The van der Waals surface area contributed by atoms with Crippen LogP contribution in [0.3, 0.4) is 0 Å². The highest BCUT2D eigenvalue weighted by Gasteiger charge is 2.15. The Bertz CT molecular complexity index is 578. The van der Waals surface area contributed by atoms with Crippen LogP contribution in [0.2, 0.25) is 0 Å². The molecule has 0 aliphatic carbocycles. The van der Waals surface area contributed by atoms with E-state index in [0.717, 1.165) is 83.6 Å². The van der Waals surface area contributed by atoms with Gasteiger partial charge in [-0.3, -0.25) is 4.99 Å². The van der Waals surface area contributed by atoms with Crippen LogP contribution in [-0.2, 0) is 16.0 Å². The SMILES string of the molecule is CN=C(NCCCOCC1CCOC1)NCc1ccc(OCCCN(C)C)cc1.I. The summed E-state index contributed by atoms with van der Waals surface area (Å²) in [6, 6.07) is 8.22. The van der Waals surface area contributed by atoms with Crippen LogP contribution in [0.25, 0.3) is 0 Å². The van der Waals surface area contributed by atoms with Crippen LogP contribution in [0.4, 0.5) is 0 Å². The van der Waals surface area contributed by atoms with Gasteiger partial charge in [-0.1, -0.05) is 12.1 Å². The summed E-state index contributed by atoms with van der Waals surface area (Å²) >= 11 is 0. The maximum atomic E-state index is 5.77. The Labute approximate surface area is 199 Å². The molecule has 0 saturated carbocycles. The van der Waals surface area contributed by atoms with Crippen molar-refractivity contribution in [1.29, 1.82) is 0 Å². The van der Waals surface area contributed by atoms with Gasteiger partial charge in [-0.15, -0.1) is 24.0 Å². The number of benzene rings is 1. The first-order chi connectivity index (χ1) is 14.2. The fourth-order valence-corrected chi connectivity index (χ4v) is 3.03. The number of guanidine groups is 1. The summed E-state index contributed by atoms with van der Waals surface area (Å²) in [5.74, 6) is 2.30. The average molecular weight is 534 g/mol. The third-order valence-electron chi connectivity index (χ3n) is 4.76. The second-order valence-electron chi connectivity index (χ2n) is 7.66. The minimum Gasteiger partial charge on any atom is -0.494 e. The monoisotopic (exact) mass is 534 g/mol. The molecule has 0 spiro atoms. The Morgan fingerprint density at radius 2 is 1.97 bits per heavy atom. The maximum Gasteiger partial charge on any atom is 0.191 e. The summed E-state index contributed by atoms with van der Waals surface area (Å²) in [4.78, 5) is 6.44. The smallest absolute Gasteiger partial charge is 0.191 e. The van der Waals surface area contributed by atoms with Crippen molar-refractivity contribution in [2.24, 2.45) is 10.9 Å². The van der Waals surface area contributed by atoms with Crippen LogP contribution in [0, 0.1) is 5.92 Å². The molecular formula is C22H39IN4O3. The molecule has 0 radical (unpaired) electrons. The van der Waals surface area contributed by atoms with Crippen molar-refractivity contribution in [3.8, 4) is 5.75 Å². The first-order valence-corrected chi connectivity index (χ1v) is 10.6. The van der Waals surface area contributed by atoms with Gasteiger partial charge in [0.1, 0.15) is 5.75 Å². The summed E-state index contributed by atoms with van der Waals surface area (Å²) in [6.45, 7) is 6.63. The minimum absolute atomic E-state index is 0. The molecule has 0 bridgehead atoms. The normalized spacial score (nSPS) is 16.4. The predicted octanol–water partition coefficient (Wildman–Crippen LogP) is 2.74. The average Bonchev–Trinajstić information content (AvgIpc) is 3.24. The third-order valence-corrected chi connectivity index (χ3v) is 4.76. The van der Waals surface area contributed by atoms with Crippen molar-refractivity contribution in [2.75, 3.05) is 67.3 Å². The molecule has 2 N–H and O–H groups in total. The fraction of sp³-hybridized carbons (Fsp3) is 0.682. The Morgan fingerprint density at radius 3 is 2.63 bits per heavy atom. The van der Waals surface area contributed by atoms with E-state index in [1.54, 1.807) is 7.05 Å². The van der Waals surface area contributed by atoms with Gasteiger partial charge in [0.15, 0.2) is 5.96 Å². The molecule has 1 aromatic rings. The lowest BCUT2D eigenvalue weighted by molar-refractivity contribution is 0.0888. The Balaban J connectivity index is 0.00000450. The topological polar surface area (TPSA) is 67.4 Å². The quantitative estimate of drug-likeness (QED) is 0.176. The summed E-state index contributed by atoms with van der Waals surface area (Å²) in [5, 5.41) is 6.67. The van der Waals surface area contributed by atoms with E-state index in [9.17, 15) is 0 Å². The van der Waals surface area contributed by atoms with E-state index in [0.29, 0.717) is 5.92 Å². The lowest BCUT2D eigenvalue weighted by atomic mass is 10.1. The summed E-state index contributed by atoms with van der Waals surface area (Å²) in [6.07, 6.45) is 3.10. The molecule has 1 fully saturated rings. The van der Waals surface area contributed by atoms with Gasteiger partial charge >= 0.3 is 0 Å². The number of hydrogen-bond donors (Lipinski definition) is 2. The highest BCUT2D eigenvalue weighted by Crippen LogP contribution is 2.13. The van der Waals surface area contributed by atoms with E-state index in [1.165, 1.54) is 5.56 Å². The Morgan fingerprint density at radius 1 is 1.17 bits per heavy atom. The number of ether oxygens (including phenoxy) is 3. The Hall–Kier alpha value is -1.10. The molecule has 1 atom stereocenters. The van der Waals surface area contributed by atoms with Crippen molar-refractivity contribution in [1.82, 2.24) is 15.5 Å². The second kappa shape index (κ2) is 16.6. The van der Waals surface area contributed by atoms with E-state index >= 15 is 0 Å². The van der Waals surface area contributed by atoms with Crippen LogP contribution in [0.1, 0.15) is 24.8 Å². The third kappa shape index (κ3) is 11.9. The predicted molar refractivity (Wildman–Crippen MR) is 133 cm³/mol. The van der Waals surface area contributed by atoms with Gasteiger partial charge in [-0.05, 0) is 51.1 Å². The number of aliphatic imine (C=N–C) groups is 1. The highest BCUT2D eigenvalue weighted by molar-refractivity contribution is 14.0. The molecule has 1 heterocycles. The number of nitrogens with zero attached hydrogens (tertiary/aromatic N) is 2. The molecule has 8 heteroatoms. The first-order valence-electron chi connectivity index (χ1n) is 10.6. The molecule has 172 valence electrons. The maximum absolute atomic E-state index is 5.77. The van der Waals surface area contributed by atoms with Gasteiger partial charge in [0.2, 0.25) is 0 Å². The van der Waals surface area contributed by atoms with E-state index in [4.69, 9.17) is 14.2 Å². The van der Waals surface area contributed by atoms with Crippen molar-refractivity contribution < 1.29 is 14.2 Å². The molecule has 2 rings (SSSR count). The molecule has 1 aliphatic heterocycles. The van der Waals surface area contributed by atoms with Gasteiger partial charge in [-0.2, -0.15) is 0 Å². The van der Waals surface area contributed by atoms with E-state index in [2.05, 4.69) is 46.8 Å². The zero-order valence-corrected chi connectivity index (χ0v) is 21.0. The van der Waals surface area contributed by atoms with Crippen molar-refractivity contribution in [3.05, 3.63) is 29.8 Å². The molecule has 1 unspecified atom stereocenters. The molecule has 1 aliphatic rings. The fourth-order valence-electron chi connectivity index (χ4n) is 3.03. The van der Waals surface area contributed by atoms with Gasteiger partial charge in [0, 0.05) is 45.8 Å². The highest BCUT2D eigenvalue weighted by atomic mass is 127. The lowest BCUT2D eigenvalue weighted by Crippen LogP contribution is -2.37.